The Kier molecular flexibility index (Phi) is 5.20. The van der Waals surface area contributed by atoms with Crippen LogP contribution in [0.1, 0.15) is 42.8 Å². The predicted molar refractivity (Wildman–Crippen MR) is 99.1 cm³/mol. The highest BCUT2D eigenvalue weighted by Crippen LogP contribution is 2.36. The van der Waals surface area contributed by atoms with E-state index in [1.165, 1.54) is 36.9 Å². The van der Waals surface area contributed by atoms with E-state index in [1.807, 2.05) is 6.92 Å². The number of nitrogens with one attached hydrogen (secondary N) is 2. The van der Waals surface area contributed by atoms with Gasteiger partial charge in [-0.25, -0.2) is 9.97 Å². The van der Waals surface area contributed by atoms with E-state index in [2.05, 4.69) is 15.5 Å². The molecular formula is C19H31N5O. The molecule has 2 N–H and O–H groups in total. The molecule has 1 aromatic rings. The topological polar surface area (TPSA) is 62.3 Å². The lowest BCUT2D eigenvalue weighted by Gasteiger charge is -2.43. The first-order valence-corrected chi connectivity index (χ1v) is 9.91. The third kappa shape index (κ3) is 3.66. The second kappa shape index (κ2) is 7.56. The third-order valence-electron chi connectivity index (χ3n) is 6.10. The van der Waals surface area contributed by atoms with Gasteiger partial charge in [-0.2, -0.15) is 0 Å². The Bertz CT molecular complexity index is 594. The van der Waals surface area contributed by atoms with Crippen molar-refractivity contribution >= 4 is 5.82 Å². The number of nitrogens with zero attached hydrogens (tertiary/aromatic N) is 3. The second-order valence-electron chi connectivity index (χ2n) is 7.68. The molecule has 2 fully saturated rings. The van der Waals surface area contributed by atoms with Crippen molar-refractivity contribution < 1.29 is 4.74 Å². The molecule has 0 bridgehead atoms. The van der Waals surface area contributed by atoms with Crippen LogP contribution in [0.25, 0.3) is 0 Å². The Morgan fingerprint density at radius 1 is 1.12 bits per heavy atom. The van der Waals surface area contributed by atoms with Gasteiger partial charge in [0, 0.05) is 43.7 Å². The van der Waals surface area contributed by atoms with Crippen LogP contribution in [0.3, 0.4) is 0 Å². The first-order valence-electron chi connectivity index (χ1n) is 9.91. The standard InChI is InChI=1S/C19H31N5O/c1-15-22-17-5-9-20-8-4-16(17)18(23-15)21-14-19(6-2-3-7-19)24-10-12-25-13-11-24/h20H,2-14H2,1H3,(H,21,22,23). The number of morpholine rings is 1. The summed E-state index contributed by atoms with van der Waals surface area (Å²) in [6.07, 6.45) is 7.26. The van der Waals surface area contributed by atoms with Crippen molar-refractivity contribution in [2.75, 3.05) is 51.3 Å². The van der Waals surface area contributed by atoms with Gasteiger partial charge >= 0.3 is 0 Å². The summed E-state index contributed by atoms with van der Waals surface area (Å²) in [6.45, 7) is 8.90. The monoisotopic (exact) mass is 345 g/mol. The number of aromatic nitrogens is 2. The Morgan fingerprint density at radius 2 is 1.88 bits per heavy atom. The number of aryl methyl sites for hydroxylation is 1. The van der Waals surface area contributed by atoms with Crippen molar-refractivity contribution in [3.63, 3.8) is 0 Å². The van der Waals surface area contributed by atoms with E-state index in [9.17, 15) is 0 Å². The van der Waals surface area contributed by atoms with Crippen molar-refractivity contribution in [1.82, 2.24) is 20.2 Å². The third-order valence-corrected chi connectivity index (χ3v) is 6.10. The molecule has 1 aromatic heterocycles. The van der Waals surface area contributed by atoms with Crippen LogP contribution in [0, 0.1) is 6.92 Å². The minimum absolute atomic E-state index is 0.276. The first-order chi connectivity index (χ1) is 12.3. The summed E-state index contributed by atoms with van der Waals surface area (Å²) in [5, 5.41) is 7.24. The minimum atomic E-state index is 0.276. The molecule has 138 valence electrons. The SMILES string of the molecule is Cc1nc2c(c(NCC3(N4CCOCC4)CCCC3)n1)CCNCC2. The summed E-state index contributed by atoms with van der Waals surface area (Å²) in [6, 6.07) is 0. The molecule has 25 heavy (non-hydrogen) atoms. The molecular weight excluding hydrogens is 314 g/mol. The molecule has 2 aliphatic heterocycles. The number of fused-ring (bicyclic) bond motifs is 1. The molecule has 0 spiro atoms. The summed E-state index contributed by atoms with van der Waals surface area (Å²) in [7, 11) is 0. The van der Waals surface area contributed by atoms with E-state index in [4.69, 9.17) is 14.7 Å². The molecule has 4 rings (SSSR count). The molecule has 1 saturated heterocycles. The second-order valence-corrected chi connectivity index (χ2v) is 7.68. The molecule has 0 radical (unpaired) electrons. The van der Waals surface area contributed by atoms with Gasteiger partial charge in [0.05, 0.1) is 18.9 Å². The zero-order valence-corrected chi connectivity index (χ0v) is 15.4. The van der Waals surface area contributed by atoms with Gasteiger partial charge in [-0.05, 0) is 32.7 Å². The van der Waals surface area contributed by atoms with Crippen molar-refractivity contribution in [2.24, 2.45) is 0 Å². The highest BCUT2D eigenvalue weighted by atomic mass is 16.5. The highest BCUT2D eigenvalue weighted by Gasteiger charge is 2.40. The Hall–Kier alpha value is -1.24. The molecule has 6 nitrogen and oxygen atoms in total. The normalized spacial score (nSPS) is 23.9. The molecule has 3 aliphatic rings. The smallest absolute Gasteiger partial charge is 0.133 e. The fraction of sp³-hybridized carbons (Fsp3) is 0.789. The van der Waals surface area contributed by atoms with Crippen LogP contribution in [-0.4, -0.2) is 66.3 Å². The lowest BCUT2D eigenvalue weighted by atomic mass is 9.94. The van der Waals surface area contributed by atoms with Crippen molar-refractivity contribution in [1.29, 1.82) is 0 Å². The number of anilines is 1. The summed E-state index contributed by atoms with van der Waals surface area (Å²) in [5.74, 6) is 1.96. The maximum Gasteiger partial charge on any atom is 0.133 e. The number of rotatable bonds is 4. The van der Waals surface area contributed by atoms with Gasteiger partial charge in [-0.3, -0.25) is 4.90 Å². The Balaban J connectivity index is 1.54. The summed E-state index contributed by atoms with van der Waals surface area (Å²) in [4.78, 5) is 12.1. The average Bonchev–Trinajstić information content (AvgIpc) is 3.00. The van der Waals surface area contributed by atoms with Gasteiger partial charge in [-0.1, -0.05) is 12.8 Å². The molecule has 0 amide bonds. The fourth-order valence-corrected chi connectivity index (χ4v) is 4.74. The van der Waals surface area contributed by atoms with E-state index in [1.54, 1.807) is 0 Å². The zero-order chi connectivity index (χ0) is 17.1. The van der Waals surface area contributed by atoms with E-state index in [0.717, 1.165) is 70.4 Å². The van der Waals surface area contributed by atoms with Crippen LogP contribution < -0.4 is 10.6 Å². The Morgan fingerprint density at radius 3 is 2.68 bits per heavy atom. The summed E-state index contributed by atoms with van der Waals surface area (Å²) in [5.41, 5.74) is 2.83. The van der Waals surface area contributed by atoms with Gasteiger partial charge in [0.1, 0.15) is 11.6 Å². The van der Waals surface area contributed by atoms with Gasteiger partial charge in [0.2, 0.25) is 0 Å². The minimum Gasteiger partial charge on any atom is -0.379 e. The van der Waals surface area contributed by atoms with Crippen LogP contribution in [0.4, 0.5) is 5.82 Å². The van der Waals surface area contributed by atoms with Crippen molar-refractivity contribution in [2.45, 2.75) is 51.0 Å². The van der Waals surface area contributed by atoms with Crippen LogP contribution in [0.2, 0.25) is 0 Å². The average molecular weight is 345 g/mol. The van der Waals surface area contributed by atoms with E-state index in [0.29, 0.717) is 0 Å². The van der Waals surface area contributed by atoms with Gasteiger partial charge in [0.15, 0.2) is 0 Å². The highest BCUT2D eigenvalue weighted by molar-refractivity contribution is 5.48. The number of hydrogen-bond donors (Lipinski definition) is 2. The quantitative estimate of drug-likeness (QED) is 0.863. The lowest BCUT2D eigenvalue weighted by Crippen LogP contribution is -2.55. The maximum absolute atomic E-state index is 5.58. The summed E-state index contributed by atoms with van der Waals surface area (Å²) >= 11 is 0. The van der Waals surface area contributed by atoms with Gasteiger partial charge < -0.3 is 15.4 Å². The van der Waals surface area contributed by atoms with Gasteiger partial charge in [-0.15, -0.1) is 0 Å². The molecule has 1 saturated carbocycles. The van der Waals surface area contributed by atoms with Crippen LogP contribution in [0.5, 0.6) is 0 Å². The zero-order valence-electron chi connectivity index (χ0n) is 15.4. The molecule has 3 heterocycles. The van der Waals surface area contributed by atoms with E-state index < -0.39 is 0 Å². The van der Waals surface area contributed by atoms with Gasteiger partial charge in [0.25, 0.3) is 0 Å². The van der Waals surface area contributed by atoms with Crippen molar-refractivity contribution in [3.8, 4) is 0 Å². The van der Waals surface area contributed by atoms with Crippen LogP contribution >= 0.6 is 0 Å². The number of hydrogen-bond acceptors (Lipinski definition) is 6. The van der Waals surface area contributed by atoms with Crippen LogP contribution in [0.15, 0.2) is 0 Å². The van der Waals surface area contributed by atoms with E-state index in [-0.39, 0.29) is 5.54 Å². The van der Waals surface area contributed by atoms with E-state index >= 15 is 0 Å². The predicted octanol–water partition coefficient (Wildman–Crippen LogP) is 1.53. The molecule has 1 aliphatic carbocycles. The lowest BCUT2D eigenvalue weighted by molar-refractivity contribution is -0.0160. The number of ether oxygens (including phenoxy) is 1. The molecule has 0 atom stereocenters. The fourth-order valence-electron chi connectivity index (χ4n) is 4.74. The molecule has 0 unspecified atom stereocenters. The van der Waals surface area contributed by atoms with Crippen LogP contribution in [-0.2, 0) is 17.6 Å². The maximum atomic E-state index is 5.58. The molecule has 6 heteroatoms. The molecule has 0 aromatic carbocycles. The van der Waals surface area contributed by atoms with Crippen molar-refractivity contribution in [3.05, 3.63) is 17.1 Å². The summed E-state index contributed by atoms with van der Waals surface area (Å²) < 4.78 is 5.58. The Labute approximate surface area is 150 Å². The first kappa shape index (κ1) is 17.2. The largest absolute Gasteiger partial charge is 0.379 e.